The lowest BCUT2D eigenvalue weighted by Gasteiger charge is -2.21. The summed E-state index contributed by atoms with van der Waals surface area (Å²) in [6.07, 6.45) is 0.742. The predicted octanol–water partition coefficient (Wildman–Crippen LogP) is 4.23. The second-order valence-corrected chi connectivity index (χ2v) is 8.06. The lowest BCUT2D eigenvalue weighted by molar-refractivity contribution is 0.0982. The molecule has 160 valence electrons. The Bertz CT molecular complexity index is 1000. The highest BCUT2D eigenvalue weighted by Gasteiger charge is 2.24. The van der Waals surface area contributed by atoms with Gasteiger partial charge in [0.25, 0.3) is 5.91 Å². The highest BCUT2D eigenvalue weighted by atomic mass is 35.5. The number of amides is 1. The Morgan fingerprint density at radius 1 is 1.13 bits per heavy atom. The van der Waals surface area contributed by atoms with Gasteiger partial charge in [0.15, 0.2) is 16.6 Å². The molecule has 0 saturated carbocycles. The minimum absolute atomic E-state index is 0. The molecule has 30 heavy (non-hydrogen) atoms. The average Bonchev–Trinajstić information content (AvgIpc) is 3.11. The molecule has 0 atom stereocenters. The molecular formula is C21H23ClFN3O3S. The number of thiazole rings is 1. The highest BCUT2D eigenvalue weighted by molar-refractivity contribution is 7.22. The first-order valence-electron chi connectivity index (χ1n) is 9.44. The van der Waals surface area contributed by atoms with Crippen LogP contribution in [0.4, 0.5) is 9.52 Å². The number of rotatable bonds is 6. The fraction of sp³-hybridized carbons (Fsp3) is 0.333. The molecule has 2 aromatic carbocycles. The van der Waals surface area contributed by atoms with Gasteiger partial charge in [0, 0.05) is 18.7 Å². The van der Waals surface area contributed by atoms with E-state index >= 15 is 0 Å². The van der Waals surface area contributed by atoms with E-state index in [1.807, 2.05) is 31.1 Å². The molecular weight excluding hydrogens is 429 g/mol. The van der Waals surface area contributed by atoms with Crippen molar-refractivity contribution in [1.29, 1.82) is 0 Å². The van der Waals surface area contributed by atoms with Gasteiger partial charge in [0.05, 0.1) is 15.8 Å². The normalized spacial score (nSPS) is 12.7. The van der Waals surface area contributed by atoms with Gasteiger partial charge in [-0.1, -0.05) is 23.5 Å². The summed E-state index contributed by atoms with van der Waals surface area (Å²) in [6, 6.07) is 9.75. The smallest absolute Gasteiger partial charge is 0.263 e. The second kappa shape index (κ2) is 9.59. The molecule has 1 amide bonds. The van der Waals surface area contributed by atoms with Crippen LogP contribution in [0.25, 0.3) is 10.2 Å². The van der Waals surface area contributed by atoms with Crippen LogP contribution < -0.4 is 14.4 Å². The highest BCUT2D eigenvalue weighted by Crippen LogP contribution is 2.39. The third-order valence-electron chi connectivity index (χ3n) is 4.61. The second-order valence-electron chi connectivity index (χ2n) is 7.05. The summed E-state index contributed by atoms with van der Waals surface area (Å²) in [5.74, 6) is 0.408. The maximum absolute atomic E-state index is 14.3. The summed E-state index contributed by atoms with van der Waals surface area (Å²) < 4.78 is 26.4. The number of carbonyl (C=O) groups is 1. The van der Waals surface area contributed by atoms with Crippen molar-refractivity contribution in [3.63, 3.8) is 0 Å². The Morgan fingerprint density at radius 3 is 2.53 bits per heavy atom. The summed E-state index contributed by atoms with van der Waals surface area (Å²) >= 11 is 1.39. The van der Waals surface area contributed by atoms with Gasteiger partial charge in [-0.2, -0.15) is 0 Å². The SMILES string of the molecule is CN(C)CCCN(C(=O)c1ccccc1F)c1nc2cc3c(cc2s1)OCCO3.Cl. The lowest BCUT2D eigenvalue weighted by Crippen LogP contribution is -2.34. The van der Waals surface area contributed by atoms with Crippen LogP contribution in [0.5, 0.6) is 11.5 Å². The van der Waals surface area contributed by atoms with E-state index in [9.17, 15) is 9.18 Å². The van der Waals surface area contributed by atoms with E-state index in [2.05, 4.69) is 4.98 Å². The minimum Gasteiger partial charge on any atom is -0.486 e. The summed E-state index contributed by atoms with van der Waals surface area (Å²) in [5, 5.41) is 0.536. The van der Waals surface area contributed by atoms with E-state index in [1.165, 1.54) is 23.5 Å². The van der Waals surface area contributed by atoms with Crippen molar-refractivity contribution >= 4 is 45.0 Å². The molecule has 2 heterocycles. The molecule has 1 aromatic heterocycles. The van der Waals surface area contributed by atoms with Gasteiger partial charge in [-0.25, -0.2) is 9.37 Å². The van der Waals surface area contributed by atoms with Crippen LogP contribution in [0.15, 0.2) is 36.4 Å². The monoisotopic (exact) mass is 451 g/mol. The number of halogens is 2. The van der Waals surface area contributed by atoms with Gasteiger partial charge >= 0.3 is 0 Å². The molecule has 0 saturated heterocycles. The van der Waals surface area contributed by atoms with Gasteiger partial charge in [-0.15, -0.1) is 12.4 Å². The maximum Gasteiger partial charge on any atom is 0.263 e. The molecule has 1 aliphatic rings. The third kappa shape index (κ3) is 4.66. The molecule has 0 N–H and O–H groups in total. The molecule has 0 aliphatic carbocycles. The number of carbonyl (C=O) groups excluding carboxylic acids is 1. The number of benzene rings is 2. The molecule has 0 bridgehead atoms. The molecule has 1 aliphatic heterocycles. The Balaban J connectivity index is 0.00000256. The van der Waals surface area contributed by atoms with Crippen molar-refractivity contribution < 1.29 is 18.7 Å². The van der Waals surface area contributed by atoms with Crippen molar-refractivity contribution in [3.8, 4) is 11.5 Å². The topological polar surface area (TPSA) is 54.9 Å². The number of aromatic nitrogens is 1. The fourth-order valence-electron chi connectivity index (χ4n) is 3.18. The number of hydrogen-bond acceptors (Lipinski definition) is 6. The molecule has 3 aromatic rings. The Morgan fingerprint density at radius 2 is 1.83 bits per heavy atom. The number of nitrogens with zero attached hydrogens (tertiary/aromatic N) is 3. The fourth-order valence-corrected chi connectivity index (χ4v) is 4.18. The van der Waals surface area contributed by atoms with Crippen LogP contribution in [0.1, 0.15) is 16.8 Å². The standard InChI is InChI=1S/C21H22FN3O3S.ClH/c1-24(2)8-5-9-25(20(26)14-6-3-4-7-15(14)22)21-23-16-12-17-18(13-19(16)29-21)28-11-10-27-17;/h3-4,6-7,12-13H,5,8-11H2,1-2H3;1H. The van der Waals surface area contributed by atoms with Gasteiger partial charge < -0.3 is 14.4 Å². The van der Waals surface area contributed by atoms with Crippen molar-refractivity contribution in [1.82, 2.24) is 9.88 Å². The molecule has 0 spiro atoms. The first-order chi connectivity index (χ1) is 14.0. The van der Waals surface area contributed by atoms with Crippen LogP contribution in [0, 0.1) is 5.82 Å². The molecule has 6 nitrogen and oxygen atoms in total. The number of ether oxygens (including phenoxy) is 2. The minimum atomic E-state index is -0.534. The van der Waals surface area contributed by atoms with Crippen LogP contribution in [0.2, 0.25) is 0 Å². The summed E-state index contributed by atoms with van der Waals surface area (Å²) in [6.45, 7) is 2.25. The Hall–Kier alpha value is -2.42. The summed E-state index contributed by atoms with van der Waals surface area (Å²) in [5.41, 5.74) is 0.774. The van der Waals surface area contributed by atoms with E-state index in [0.29, 0.717) is 36.4 Å². The average molecular weight is 452 g/mol. The van der Waals surface area contributed by atoms with Crippen LogP contribution in [0.3, 0.4) is 0 Å². The predicted molar refractivity (Wildman–Crippen MR) is 119 cm³/mol. The molecule has 0 radical (unpaired) electrons. The number of anilines is 1. The van der Waals surface area contributed by atoms with Crippen molar-refractivity contribution in [3.05, 3.63) is 47.8 Å². The molecule has 9 heteroatoms. The van der Waals surface area contributed by atoms with E-state index in [1.54, 1.807) is 17.0 Å². The molecule has 4 rings (SSSR count). The zero-order valence-corrected chi connectivity index (χ0v) is 18.4. The first kappa shape index (κ1) is 22.3. The van der Waals surface area contributed by atoms with E-state index in [4.69, 9.17) is 9.47 Å². The Kier molecular flexibility index (Phi) is 7.12. The summed E-state index contributed by atoms with van der Waals surface area (Å²) in [4.78, 5) is 21.4. The summed E-state index contributed by atoms with van der Waals surface area (Å²) in [7, 11) is 3.95. The van der Waals surface area contributed by atoms with Gasteiger partial charge in [0.2, 0.25) is 0 Å². The lowest BCUT2D eigenvalue weighted by atomic mass is 10.2. The van der Waals surface area contributed by atoms with Gasteiger partial charge in [0.1, 0.15) is 19.0 Å². The molecule has 0 fully saturated rings. The zero-order chi connectivity index (χ0) is 20.4. The largest absolute Gasteiger partial charge is 0.486 e. The number of hydrogen-bond donors (Lipinski definition) is 0. The maximum atomic E-state index is 14.3. The van der Waals surface area contributed by atoms with E-state index in [-0.39, 0.29) is 18.0 Å². The number of fused-ring (bicyclic) bond motifs is 2. The molecule has 0 unspecified atom stereocenters. The van der Waals surface area contributed by atoms with Crippen molar-refractivity contribution in [2.75, 3.05) is 45.3 Å². The quantitative estimate of drug-likeness (QED) is 0.561. The van der Waals surface area contributed by atoms with Gasteiger partial charge in [-0.3, -0.25) is 9.69 Å². The van der Waals surface area contributed by atoms with Crippen molar-refractivity contribution in [2.24, 2.45) is 0 Å². The van der Waals surface area contributed by atoms with Crippen molar-refractivity contribution in [2.45, 2.75) is 6.42 Å². The van der Waals surface area contributed by atoms with Gasteiger partial charge in [-0.05, 0) is 39.2 Å². The van der Waals surface area contributed by atoms with Crippen LogP contribution >= 0.6 is 23.7 Å². The van der Waals surface area contributed by atoms with E-state index < -0.39 is 11.7 Å². The van der Waals surface area contributed by atoms with Crippen LogP contribution in [-0.2, 0) is 0 Å². The first-order valence-corrected chi connectivity index (χ1v) is 10.3. The van der Waals surface area contributed by atoms with E-state index in [0.717, 1.165) is 23.2 Å². The van der Waals surface area contributed by atoms with Crippen LogP contribution in [-0.4, -0.2) is 56.2 Å². The zero-order valence-electron chi connectivity index (χ0n) is 16.8. The Labute approximate surface area is 184 Å². The third-order valence-corrected chi connectivity index (χ3v) is 5.65.